The van der Waals surface area contributed by atoms with Crippen molar-refractivity contribution in [3.63, 3.8) is 0 Å². The average Bonchev–Trinajstić information content (AvgIpc) is 3.34. The Labute approximate surface area is 153 Å². The van der Waals surface area contributed by atoms with E-state index < -0.39 is 0 Å². The topological polar surface area (TPSA) is 0 Å². The number of rotatable bonds is 14. The summed E-state index contributed by atoms with van der Waals surface area (Å²) in [6.07, 6.45) is 15.2. The van der Waals surface area contributed by atoms with Crippen LogP contribution in [0.3, 0.4) is 0 Å². The summed E-state index contributed by atoms with van der Waals surface area (Å²) < 4.78 is 0. The van der Waals surface area contributed by atoms with Crippen molar-refractivity contribution in [2.45, 2.75) is 106 Å². The lowest BCUT2D eigenvalue weighted by Crippen LogP contribution is -2.17. The Bertz CT molecular complexity index is 351. The molecule has 0 radical (unpaired) electrons. The largest absolute Gasteiger partial charge is 0.0770 e. The van der Waals surface area contributed by atoms with Crippen LogP contribution in [0.4, 0.5) is 0 Å². The lowest BCUT2D eigenvalue weighted by Gasteiger charge is -2.27. The van der Waals surface area contributed by atoms with E-state index in [1.165, 1.54) is 57.8 Å². The van der Waals surface area contributed by atoms with E-state index in [-0.39, 0.29) is 0 Å². The first kappa shape index (κ1) is 21.8. The predicted molar refractivity (Wildman–Crippen MR) is 110 cm³/mol. The molecule has 1 rings (SSSR count). The number of unbranched alkanes of at least 4 members (excludes halogenated alkanes) is 1. The van der Waals surface area contributed by atoms with Crippen LogP contribution in [0, 0.1) is 35.5 Å². The second kappa shape index (κ2) is 11.4. The van der Waals surface area contributed by atoms with Crippen LogP contribution in [0.2, 0.25) is 0 Å². The minimum Gasteiger partial charge on any atom is -0.0770 e. The minimum atomic E-state index is 0.827. The van der Waals surface area contributed by atoms with E-state index in [2.05, 4.69) is 54.5 Å². The summed E-state index contributed by atoms with van der Waals surface area (Å²) in [6.45, 7) is 16.8. The molecular weight excluding hydrogens is 288 g/mol. The summed E-state index contributed by atoms with van der Waals surface area (Å²) in [4.78, 5) is 0. The molecule has 0 aromatic rings. The van der Waals surface area contributed by atoms with Crippen molar-refractivity contribution in [2.75, 3.05) is 0 Å². The second-order valence-corrected chi connectivity index (χ2v) is 8.98. The normalized spacial score (nSPS) is 22.2. The van der Waals surface area contributed by atoms with E-state index in [9.17, 15) is 0 Å². The molecule has 0 saturated heterocycles. The minimum absolute atomic E-state index is 0.827. The van der Waals surface area contributed by atoms with Gasteiger partial charge in [0.05, 0.1) is 0 Å². The number of allylic oxidation sites excluding steroid dienone is 2. The van der Waals surface area contributed by atoms with Gasteiger partial charge in [-0.05, 0) is 42.4 Å². The Morgan fingerprint density at radius 2 is 1.58 bits per heavy atom. The van der Waals surface area contributed by atoms with Gasteiger partial charge in [0.25, 0.3) is 0 Å². The third-order valence-corrected chi connectivity index (χ3v) is 6.50. The quantitative estimate of drug-likeness (QED) is 0.280. The van der Waals surface area contributed by atoms with Crippen LogP contribution < -0.4 is 0 Å². The van der Waals surface area contributed by atoms with E-state index in [4.69, 9.17) is 0 Å². The first-order chi connectivity index (χ1) is 11.5. The lowest BCUT2D eigenvalue weighted by atomic mass is 9.78. The zero-order valence-electron chi connectivity index (χ0n) is 17.9. The molecule has 5 unspecified atom stereocenters. The van der Waals surface area contributed by atoms with Crippen molar-refractivity contribution >= 4 is 0 Å². The third-order valence-electron chi connectivity index (χ3n) is 6.50. The summed E-state index contributed by atoms with van der Waals surface area (Å²) in [5.41, 5.74) is 1.82. The van der Waals surface area contributed by atoms with Gasteiger partial charge in [-0.3, -0.25) is 0 Å². The van der Waals surface area contributed by atoms with Crippen molar-refractivity contribution in [1.29, 1.82) is 0 Å². The number of hydrogen-bond acceptors (Lipinski definition) is 0. The highest BCUT2D eigenvalue weighted by molar-refractivity contribution is 5.33. The molecule has 142 valence electrons. The highest BCUT2D eigenvalue weighted by atomic mass is 14.4. The predicted octanol–water partition coefficient (Wildman–Crippen LogP) is 8.27. The highest BCUT2D eigenvalue weighted by Crippen LogP contribution is 2.48. The van der Waals surface area contributed by atoms with Gasteiger partial charge in [0.2, 0.25) is 0 Å². The van der Waals surface area contributed by atoms with E-state index in [0.29, 0.717) is 0 Å². The van der Waals surface area contributed by atoms with Crippen LogP contribution in [0.25, 0.3) is 0 Å². The van der Waals surface area contributed by atoms with Crippen LogP contribution in [-0.2, 0) is 0 Å². The Morgan fingerprint density at radius 1 is 0.875 bits per heavy atom. The summed E-state index contributed by atoms with van der Waals surface area (Å²) in [6, 6.07) is 0. The first-order valence-corrected chi connectivity index (χ1v) is 11.2. The lowest BCUT2D eigenvalue weighted by molar-refractivity contribution is 0.271. The molecule has 0 amide bonds. The van der Waals surface area contributed by atoms with Crippen molar-refractivity contribution < 1.29 is 0 Å². The van der Waals surface area contributed by atoms with Crippen LogP contribution in [0.1, 0.15) is 106 Å². The summed E-state index contributed by atoms with van der Waals surface area (Å²) >= 11 is 0. The summed E-state index contributed by atoms with van der Waals surface area (Å²) in [5, 5.41) is 0. The number of hydrogen-bond donors (Lipinski definition) is 0. The zero-order chi connectivity index (χ0) is 18.1. The van der Waals surface area contributed by atoms with E-state index in [1.807, 2.05) is 5.57 Å². The third kappa shape index (κ3) is 6.93. The maximum Gasteiger partial charge on any atom is 0.00110 e. The molecule has 0 heteroatoms. The highest BCUT2D eigenvalue weighted by Gasteiger charge is 2.37. The van der Waals surface area contributed by atoms with E-state index in [1.54, 1.807) is 0 Å². The molecular formula is C24H46. The molecule has 0 spiro atoms. The zero-order valence-corrected chi connectivity index (χ0v) is 17.9. The van der Waals surface area contributed by atoms with Gasteiger partial charge in [-0.2, -0.15) is 0 Å². The van der Waals surface area contributed by atoms with Gasteiger partial charge in [-0.1, -0.05) is 105 Å². The van der Waals surface area contributed by atoms with Crippen LogP contribution in [0.15, 0.2) is 11.6 Å². The van der Waals surface area contributed by atoms with Gasteiger partial charge in [-0.15, -0.1) is 0 Å². The molecule has 0 nitrogen and oxygen atoms in total. The fourth-order valence-corrected chi connectivity index (χ4v) is 4.96. The molecule has 0 N–H and O–H groups in total. The van der Waals surface area contributed by atoms with Gasteiger partial charge in [0.15, 0.2) is 0 Å². The Kier molecular flexibility index (Phi) is 10.3. The molecule has 0 saturated carbocycles. The Hall–Kier alpha value is -0.260. The molecule has 0 aromatic carbocycles. The van der Waals surface area contributed by atoms with E-state index >= 15 is 0 Å². The molecule has 0 heterocycles. The van der Waals surface area contributed by atoms with Gasteiger partial charge in [-0.25, -0.2) is 0 Å². The van der Waals surface area contributed by atoms with Gasteiger partial charge < -0.3 is 0 Å². The van der Waals surface area contributed by atoms with Gasteiger partial charge in [0, 0.05) is 5.92 Å². The molecule has 0 aromatic heterocycles. The molecule has 1 aliphatic rings. The Balaban J connectivity index is 2.57. The maximum absolute atomic E-state index is 2.64. The van der Waals surface area contributed by atoms with Crippen molar-refractivity contribution in [3.8, 4) is 0 Å². The van der Waals surface area contributed by atoms with Crippen molar-refractivity contribution in [3.05, 3.63) is 11.6 Å². The van der Waals surface area contributed by atoms with Gasteiger partial charge in [0.1, 0.15) is 0 Å². The molecule has 0 bridgehead atoms. The maximum atomic E-state index is 2.64. The summed E-state index contributed by atoms with van der Waals surface area (Å²) in [7, 11) is 0. The molecule has 1 aliphatic carbocycles. The second-order valence-electron chi connectivity index (χ2n) is 8.98. The first-order valence-electron chi connectivity index (χ1n) is 11.2. The monoisotopic (exact) mass is 334 g/mol. The van der Waals surface area contributed by atoms with E-state index in [0.717, 1.165) is 35.5 Å². The van der Waals surface area contributed by atoms with Crippen LogP contribution >= 0.6 is 0 Å². The van der Waals surface area contributed by atoms with Crippen molar-refractivity contribution in [2.24, 2.45) is 35.5 Å². The fourth-order valence-electron chi connectivity index (χ4n) is 4.96. The van der Waals surface area contributed by atoms with Crippen LogP contribution in [0.5, 0.6) is 0 Å². The van der Waals surface area contributed by atoms with Crippen molar-refractivity contribution in [1.82, 2.24) is 0 Å². The molecule has 0 fully saturated rings. The molecule has 0 aliphatic heterocycles. The van der Waals surface area contributed by atoms with Gasteiger partial charge >= 0.3 is 0 Å². The molecule has 5 atom stereocenters. The van der Waals surface area contributed by atoms with Crippen LogP contribution in [-0.4, -0.2) is 0 Å². The molecule has 24 heavy (non-hydrogen) atoms. The summed E-state index contributed by atoms with van der Waals surface area (Å²) in [5.74, 6) is 5.32. The SMILES string of the molecule is CCCCC(CC(C)C)CC(CC)C1C=C1C(C)C(CC)CCC. The standard InChI is InChI=1S/C24H46/c1-8-12-14-20(15-18(5)6)16-22(11-4)24-17-23(24)19(7)21(10-3)13-9-2/h17-22,24H,8-16H2,1-7H3. The smallest absolute Gasteiger partial charge is 0.00110 e. The Morgan fingerprint density at radius 3 is 2.08 bits per heavy atom. The fraction of sp³-hybridized carbons (Fsp3) is 0.917. The average molecular weight is 335 g/mol.